The molecule has 0 aromatic heterocycles. The summed E-state index contributed by atoms with van der Waals surface area (Å²) in [5.74, 6) is 0. The van der Waals surface area contributed by atoms with Gasteiger partial charge in [0.25, 0.3) is 0 Å². The van der Waals surface area contributed by atoms with Crippen LogP contribution in [0.15, 0.2) is 47.3 Å². The highest BCUT2D eigenvalue weighted by molar-refractivity contribution is 7.21. The summed E-state index contributed by atoms with van der Waals surface area (Å²) in [4.78, 5) is 12.3. The third-order valence-corrected chi connectivity index (χ3v) is 3.85. The average molecular weight is 226 g/mol. The molecule has 0 radical (unpaired) electrons. The predicted molar refractivity (Wildman–Crippen MR) is 69.5 cm³/mol. The van der Waals surface area contributed by atoms with E-state index < -0.39 is 0 Å². The molecule has 78 valence electrons. The summed E-state index contributed by atoms with van der Waals surface area (Å²) >= 11 is 1.67. The van der Waals surface area contributed by atoms with Crippen molar-refractivity contribution >= 4 is 21.4 Å². The maximum absolute atomic E-state index is 11.3. The summed E-state index contributed by atoms with van der Waals surface area (Å²) < 4.78 is 1.23. The van der Waals surface area contributed by atoms with Gasteiger partial charge in [0.2, 0.25) is 0 Å². The van der Waals surface area contributed by atoms with E-state index in [1.165, 1.54) is 15.6 Å². The summed E-state index contributed by atoms with van der Waals surface area (Å²) in [5, 5.41) is 1.25. The Bertz CT molecular complexity index is 697. The highest BCUT2D eigenvalue weighted by atomic mass is 32.1. The minimum Gasteiger partial charge on any atom is -0.290 e. The van der Waals surface area contributed by atoms with Gasteiger partial charge >= 0.3 is 0 Å². The first kappa shape index (κ1) is 9.55. The molecule has 1 aliphatic heterocycles. The lowest BCUT2D eigenvalue weighted by Crippen LogP contribution is -1.96. The van der Waals surface area contributed by atoms with Crippen molar-refractivity contribution in [2.75, 3.05) is 0 Å². The highest BCUT2D eigenvalue weighted by Gasteiger charge is 2.05. The van der Waals surface area contributed by atoms with Crippen LogP contribution in [0.2, 0.25) is 0 Å². The molecule has 2 heteroatoms. The van der Waals surface area contributed by atoms with Gasteiger partial charge in [-0.05, 0) is 42.1 Å². The molecule has 1 aromatic rings. The van der Waals surface area contributed by atoms with Crippen molar-refractivity contribution < 1.29 is 0 Å². The van der Waals surface area contributed by atoms with E-state index in [-0.39, 0.29) is 5.43 Å². The largest absolute Gasteiger partial charge is 0.290 e. The summed E-state index contributed by atoms with van der Waals surface area (Å²) in [6, 6.07) is 13.8. The molecule has 1 heterocycles. The van der Waals surface area contributed by atoms with Crippen LogP contribution in [0.25, 0.3) is 20.5 Å². The van der Waals surface area contributed by atoms with Crippen LogP contribution in [0.5, 0.6) is 0 Å². The van der Waals surface area contributed by atoms with Crippen LogP contribution in [-0.2, 0) is 0 Å². The first-order chi connectivity index (χ1) is 7.72. The molecular weight excluding hydrogens is 216 g/mol. The van der Waals surface area contributed by atoms with E-state index in [1.54, 1.807) is 23.5 Å². The Kier molecular flexibility index (Phi) is 2.04. The third-order valence-electron chi connectivity index (χ3n) is 2.68. The Labute approximate surface area is 97.3 Å². The molecule has 0 amide bonds. The van der Waals surface area contributed by atoms with Gasteiger partial charge in [-0.15, -0.1) is 11.3 Å². The van der Waals surface area contributed by atoms with Crippen molar-refractivity contribution in [3.05, 3.63) is 58.3 Å². The second-order valence-electron chi connectivity index (χ2n) is 3.99. The molecule has 1 nitrogen and oxygen atoms in total. The maximum Gasteiger partial charge on any atom is 0.180 e. The molecule has 0 fully saturated rings. The van der Waals surface area contributed by atoms with Crippen LogP contribution in [0.1, 0.15) is 5.56 Å². The molecule has 16 heavy (non-hydrogen) atoms. The quantitative estimate of drug-likeness (QED) is 0.534. The van der Waals surface area contributed by atoms with E-state index in [1.807, 2.05) is 6.07 Å². The van der Waals surface area contributed by atoms with Gasteiger partial charge in [-0.2, -0.15) is 0 Å². The van der Waals surface area contributed by atoms with E-state index in [0.29, 0.717) is 0 Å². The number of hydrogen-bond acceptors (Lipinski definition) is 2. The van der Waals surface area contributed by atoms with Gasteiger partial charge < -0.3 is 0 Å². The average Bonchev–Trinajstić information content (AvgIpc) is 2.26. The fourth-order valence-corrected chi connectivity index (χ4v) is 2.91. The van der Waals surface area contributed by atoms with Crippen molar-refractivity contribution in [1.82, 2.24) is 0 Å². The molecule has 0 atom stereocenters. The standard InChI is InChI=1S/C14H10OS/c1-9-2-5-13-11(6-9)7-10-3-4-12(15)8-14(10)16-13/h2-8H,1H3. The Hall–Kier alpha value is -1.67. The van der Waals surface area contributed by atoms with E-state index in [4.69, 9.17) is 0 Å². The Morgan fingerprint density at radius 3 is 2.75 bits per heavy atom. The SMILES string of the molecule is Cc1ccc2sc3cc(=O)ccc-3cc2c1. The summed E-state index contributed by atoms with van der Waals surface area (Å²) in [5.41, 5.74) is 2.48. The Morgan fingerprint density at radius 2 is 1.88 bits per heavy atom. The van der Waals surface area contributed by atoms with Gasteiger partial charge in [-0.1, -0.05) is 17.7 Å². The van der Waals surface area contributed by atoms with Crippen LogP contribution in [0, 0.1) is 6.92 Å². The lowest BCUT2D eigenvalue weighted by atomic mass is 10.1. The van der Waals surface area contributed by atoms with Crippen molar-refractivity contribution in [3.63, 3.8) is 0 Å². The maximum atomic E-state index is 11.3. The summed E-state index contributed by atoms with van der Waals surface area (Å²) in [6.45, 7) is 2.09. The molecule has 0 bridgehead atoms. The number of rotatable bonds is 0. The predicted octanol–water partition coefficient (Wildman–Crippen LogP) is 3.67. The minimum atomic E-state index is 0.0789. The fourth-order valence-electron chi connectivity index (χ4n) is 1.88. The van der Waals surface area contributed by atoms with Gasteiger partial charge in [0.05, 0.1) is 0 Å². The molecular formula is C14H10OS. The van der Waals surface area contributed by atoms with E-state index in [9.17, 15) is 4.79 Å². The zero-order valence-corrected chi connectivity index (χ0v) is 9.67. The summed E-state index contributed by atoms with van der Waals surface area (Å²) in [7, 11) is 0. The second-order valence-corrected chi connectivity index (χ2v) is 5.07. The molecule has 0 saturated heterocycles. The molecule has 2 aliphatic rings. The molecule has 0 saturated carbocycles. The normalized spacial score (nSPS) is 11.1. The van der Waals surface area contributed by atoms with E-state index in [2.05, 4.69) is 31.2 Å². The first-order valence-electron chi connectivity index (χ1n) is 5.17. The van der Waals surface area contributed by atoms with Crippen LogP contribution < -0.4 is 5.43 Å². The van der Waals surface area contributed by atoms with E-state index >= 15 is 0 Å². The lowest BCUT2D eigenvalue weighted by molar-refractivity contribution is 1.51. The van der Waals surface area contributed by atoms with Crippen LogP contribution >= 0.6 is 11.3 Å². The first-order valence-corrected chi connectivity index (χ1v) is 5.98. The van der Waals surface area contributed by atoms with Crippen molar-refractivity contribution in [1.29, 1.82) is 0 Å². The van der Waals surface area contributed by atoms with Gasteiger partial charge in [-0.3, -0.25) is 4.79 Å². The van der Waals surface area contributed by atoms with Crippen LogP contribution in [0.4, 0.5) is 0 Å². The zero-order chi connectivity index (χ0) is 11.1. The van der Waals surface area contributed by atoms with Gasteiger partial charge in [0, 0.05) is 15.6 Å². The second kappa shape index (κ2) is 3.42. The zero-order valence-electron chi connectivity index (χ0n) is 8.86. The number of fused-ring (bicyclic) bond motifs is 2. The van der Waals surface area contributed by atoms with Gasteiger partial charge in [0.1, 0.15) is 0 Å². The van der Waals surface area contributed by atoms with Crippen LogP contribution in [-0.4, -0.2) is 0 Å². The fraction of sp³-hybridized carbons (Fsp3) is 0.0714. The van der Waals surface area contributed by atoms with Crippen molar-refractivity contribution in [2.24, 2.45) is 0 Å². The van der Waals surface area contributed by atoms with Gasteiger partial charge in [-0.25, -0.2) is 0 Å². The molecule has 1 aromatic carbocycles. The highest BCUT2D eigenvalue weighted by Crippen LogP contribution is 2.32. The van der Waals surface area contributed by atoms with Crippen LogP contribution in [0.3, 0.4) is 0 Å². The lowest BCUT2D eigenvalue weighted by Gasteiger charge is -2.06. The molecule has 0 spiro atoms. The third kappa shape index (κ3) is 1.51. The monoisotopic (exact) mass is 226 g/mol. The van der Waals surface area contributed by atoms with Crippen molar-refractivity contribution in [2.45, 2.75) is 6.92 Å². The Morgan fingerprint density at radius 1 is 1.00 bits per heavy atom. The summed E-state index contributed by atoms with van der Waals surface area (Å²) in [6.07, 6.45) is 0. The molecule has 0 unspecified atom stereocenters. The number of aryl methyl sites for hydroxylation is 1. The van der Waals surface area contributed by atoms with Gasteiger partial charge in [0.15, 0.2) is 5.43 Å². The number of hydrogen-bond donors (Lipinski definition) is 0. The van der Waals surface area contributed by atoms with E-state index in [0.717, 1.165) is 10.4 Å². The smallest absolute Gasteiger partial charge is 0.180 e. The number of benzene rings is 2. The topological polar surface area (TPSA) is 17.1 Å². The molecule has 1 aliphatic carbocycles. The molecule has 3 rings (SSSR count). The Balaban J connectivity index is 2.45. The van der Waals surface area contributed by atoms with Crippen molar-refractivity contribution in [3.8, 4) is 10.4 Å². The molecule has 0 N–H and O–H groups in total. The minimum absolute atomic E-state index is 0.0789.